The third-order valence-corrected chi connectivity index (χ3v) is 2.99. The summed E-state index contributed by atoms with van der Waals surface area (Å²) in [6, 6.07) is 6.43. The third-order valence-electron chi connectivity index (χ3n) is 2.99. The van der Waals surface area contributed by atoms with Gasteiger partial charge in [0.15, 0.2) is 0 Å². The number of urea groups is 1. The summed E-state index contributed by atoms with van der Waals surface area (Å²) in [5.41, 5.74) is 1.09. The maximum atomic E-state index is 11.5. The van der Waals surface area contributed by atoms with Gasteiger partial charge in [-0.1, -0.05) is 12.1 Å². The highest BCUT2D eigenvalue weighted by Gasteiger charge is 2.16. The summed E-state index contributed by atoms with van der Waals surface area (Å²) in [7, 11) is 0. The summed E-state index contributed by atoms with van der Waals surface area (Å²) in [5.74, 6) is 0. The van der Waals surface area contributed by atoms with Crippen LogP contribution >= 0.6 is 0 Å². The van der Waals surface area contributed by atoms with Gasteiger partial charge in [-0.2, -0.15) is 0 Å². The standard InChI is InChI=1S/C12H15N3O3/c16-12-13-7-1-8-14(12)9-6-10-2-4-11(5-3-10)15(17)18/h2-5H,1,6-9H2,(H,13,16). The Morgan fingerprint density at radius 1 is 1.33 bits per heavy atom. The predicted molar refractivity (Wildman–Crippen MR) is 66.4 cm³/mol. The van der Waals surface area contributed by atoms with Crippen molar-refractivity contribution in [3.8, 4) is 0 Å². The molecule has 0 unspecified atom stereocenters. The number of nitro groups is 1. The number of benzene rings is 1. The number of nitrogens with one attached hydrogen (secondary N) is 1. The van der Waals surface area contributed by atoms with Crippen LogP contribution in [0.4, 0.5) is 10.5 Å². The Balaban J connectivity index is 1.89. The molecule has 0 spiro atoms. The van der Waals surface area contributed by atoms with Gasteiger partial charge in [0, 0.05) is 31.8 Å². The SMILES string of the molecule is O=C1NCCCN1CCc1ccc([N+](=O)[O-])cc1. The van der Waals surface area contributed by atoms with Crippen LogP contribution in [0.2, 0.25) is 0 Å². The number of carbonyl (C=O) groups excluding carboxylic acids is 1. The van der Waals surface area contributed by atoms with Gasteiger partial charge in [0.1, 0.15) is 0 Å². The maximum absolute atomic E-state index is 11.5. The van der Waals surface area contributed by atoms with Gasteiger partial charge >= 0.3 is 6.03 Å². The second kappa shape index (κ2) is 5.48. The topological polar surface area (TPSA) is 75.5 Å². The quantitative estimate of drug-likeness (QED) is 0.649. The van der Waals surface area contributed by atoms with Crippen LogP contribution in [0, 0.1) is 10.1 Å². The van der Waals surface area contributed by atoms with E-state index in [2.05, 4.69) is 5.32 Å². The minimum absolute atomic E-state index is 0.0249. The van der Waals surface area contributed by atoms with Crippen LogP contribution in [0.5, 0.6) is 0 Å². The van der Waals surface area contributed by atoms with Crippen LogP contribution in [0.25, 0.3) is 0 Å². The van der Waals surface area contributed by atoms with E-state index in [-0.39, 0.29) is 11.7 Å². The van der Waals surface area contributed by atoms with Gasteiger partial charge in [-0.25, -0.2) is 4.79 Å². The Hall–Kier alpha value is -2.11. The summed E-state index contributed by atoms with van der Waals surface area (Å²) in [5, 5.41) is 13.3. The van der Waals surface area contributed by atoms with Crippen molar-refractivity contribution in [2.45, 2.75) is 12.8 Å². The summed E-state index contributed by atoms with van der Waals surface area (Å²) in [4.78, 5) is 23.3. The smallest absolute Gasteiger partial charge is 0.317 e. The summed E-state index contributed by atoms with van der Waals surface area (Å²) in [6.45, 7) is 2.16. The van der Waals surface area contributed by atoms with Crippen molar-refractivity contribution in [3.63, 3.8) is 0 Å². The number of nitrogens with zero attached hydrogens (tertiary/aromatic N) is 2. The molecule has 6 heteroatoms. The number of hydrogen-bond acceptors (Lipinski definition) is 3. The van der Waals surface area contributed by atoms with Gasteiger partial charge in [-0.15, -0.1) is 0 Å². The molecule has 0 radical (unpaired) electrons. The van der Waals surface area contributed by atoms with E-state index in [4.69, 9.17) is 0 Å². The average Bonchev–Trinajstić information content (AvgIpc) is 2.38. The molecule has 1 heterocycles. The number of carbonyl (C=O) groups is 1. The molecule has 1 N–H and O–H groups in total. The van der Waals surface area contributed by atoms with Crippen molar-refractivity contribution in [1.29, 1.82) is 0 Å². The Morgan fingerprint density at radius 2 is 2.06 bits per heavy atom. The van der Waals surface area contributed by atoms with E-state index in [1.54, 1.807) is 17.0 Å². The molecular weight excluding hydrogens is 234 g/mol. The van der Waals surface area contributed by atoms with Crippen LogP contribution in [-0.2, 0) is 6.42 Å². The van der Waals surface area contributed by atoms with E-state index < -0.39 is 4.92 Å². The summed E-state index contributed by atoms with van der Waals surface area (Å²) < 4.78 is 0. The van der Waals surface area contributed by atoms with Crippen LogP contribution < -0.4 is 5.32 Å². The van der Waals surface area contributed by atoms with E-state index in [1.165, 1.54) is 12.1 Å². The van der Waals surface area contributed by atoms with Crippen LogP contribution in [0.15, 0.2) is 24.3 Å². The van der Waals surface area contributed by atoms with Gasteiger partial charge in [-0.3, -0.25) is 10.1 Å². The van der Waals surface area contributed by atoms with Gasteiger partial charge in [0.25, 0.3) is 5.69 Å². The molecule has 1 aliphatic rings. The Morgan fingerprint density at radius 3 is 2.67 bits per heavy atom. The maximum Gasteiger partial charge on any atom is 0.317 e. The molecule has 2 amide bonds. The highest BCUT2D eigenvalue weighted by Crippen LogP contribution is 2.13. The van der Waals surface area contributed by atoms with Gasteiger partial charge in [-0.05, 0) is 18.4 Å². The lowest BCUT2D eigenvalue weighted by Crippen LogP contribution is -2.47. The molecule has 2 rings (SSSR count). The third kappa shape index (κ3) is 2.97. The normalized spacial score (nSPS) is 15.3. The highest BCUT2D eigenvalue weighted by atomic mass is 16.6. The molecule has 0 bridgehead atoms. The highest BCUT2D eigenvalue weighted by molar-refractivity contribution is 5.74. The number of nitro benzene ring substituents is 1. The molecule has 1 saturated heterocycles. The monoisotopic (exact) mass is 249 g/mol. The summed E-state index contributed by atoms with van der Waals surface area (Å²) in [6.07, 6.45) is 1.68. The van der Waals surface area contributed by atoms with Crippen molar-refractivity contribution < 1.29 is 9.72 Å². The van der Waals surface area contributed by atoms with Crippen LogP contribution in [-0.4, -0.2) is 35.5 Å². The second-order valence-electron chi connectivity index (χ2n) is 4.25. The van der Waals surface area contributed by atoms with Gasteiger partial charge in [0.05, 0.1) is 4.92 Å². The Bertz CT molecular complexity index is 444. The molecule has 1 aromatic carbocycles. The van der Waals surface area contributed by atoms with E-state index in [9.17, 15) is 14.9 Å². The Kier molecular flexibility index (Phi) is 3.76. The first-order chi connectivity index (χ1) is 8.66. The molecule has 18 heavy (non-hydrogen) atoms. The zero-order chi connectivity index (χ0) is 13.0. The average molecular weight is 249 g/mol. The molecule has 1 aromatic rings. The zero-order valence-electron chi connectivity index (χ0n) is 9.96. The fraction of sp³-hybridized carbons (Fsp3) is 0.417. The molecule has 0 saturated carbocycles. The van der Waals surface area contributed by atoms with Gasteiger partial charge < -0.3 is 10.2 Å². The van der Waals surface area contributed by atoms with Crippen molar-refractivity contribution in [2.75, 3.05) is 19.6 Å². The lowest BCUT2D eigenvalue weighted by atomic mass is 10.1. The van der Waals surface area contributed by atoms with Crippen molar-refractivity contribution >= 4 is 11.7 Å². The van der Waals surface area contributed by atoms with E-state index >= 15 is 0 Å². The summed E-state index contributed by atoms with van der Waals surface area (Å²) >= 11 is 0. The van der Waals surface area contributed by atoms with Crippen molar-refractivity contribution in [2.24, 2.45) is 0 Å². The van der Waals surface area contributed by atoms with Gasteiger partial charge in [0.2, 0.25) is 0 Å². The van der Waals surface area contributed by atoms with Crippen LogP contribution in [0.3, 0.4) is 0 Å². The molecule has 96 valence electrons. The minimum atomic E-state index is -0.415. The number of amides is 2. The fourth-order valence-corrected chi connectivity index (χ4v) is 1.94. The number of hydrogen-bond donors (Lipinski definition) is 1. The van der Waals surface area contributed by atoms with E-state index in [1.807, 2.05) is 0 Å². The Labute approximate surface area is 105 Å². The molecule has 0 aliphatic carbocycles. The largest absolute Gasteiger partial charge is 0.338 e. The molecule has 0 atom stereocenters. The minimum Gasteiger partial charge on any atom is -0.338 e. The van der Waals surface area contributed by atoms with Crippen LogP contribution in [0.1, 0.15) is 12.0 Å². The lowest BCUT2D eigenvalue weighted by Gasteiger charge is -2.27. The number of non-ortho nitro benzene ring substituents is 1. The lowest BCUT2D eigenvalue weighted by molar-refractivity contribution is -0.384. The molecule has 1 fully saturated rings. The fourth-order valence-electron chi connectivity index (χ4n) is 1.94. The predicted octanol–water partition coefficient (Wildman–Crippen LogP) is 1.55. The second-order valence-corrected chi connectivity index (χ2v) is 4.25. The first-order valence-electron chi connectivity index (χ1n) is 5.93. The molecular formula is C12H15N3O3. The van der Waals surface area contributed by atoms with E-state index in [0.29, 0.717) is 13.0 Å². The van der Waals surface area contributed by atoms with Crippen molar-refractivity contribution in [3.05, 3.63) is 39.9 Å². The van der Waals surface area contributed by atoms with Crippen molar-refractivity contribution in [1.82, 2.24) is 10.2 Å². The number of rotatable bonds is 4. The van der Waals surface area contributed by atoms with E-state index in [0.717, 1.165) is 25.1 Å². The zero-order valence-corrected chi connectivity index (χ0v) is 9.96. The first-order valence-corrected chi connectivity index (χ1v) is 5.93. The molecule has 1 aliphatic heterocycles. The molecule has 6 nitrogen and oxygen atoms in total. The first kappa shape index (κ1) is 12.3. The molecule has 0 aromatic heterocycles.